The van der Waals surface area contributed by atoms with Crippen molar-refractivity contribution in [1.82, 2.24) is 19.7 Å². The first-order valence-electron chi connectivity index (χ1n) is 9.58. The molecule has 0 unspecified atom stereocenters. The summed E-state index contributed by atoms with van der Waals surface area (Å²) in [7, 11) is 0. The van der Waals surface area contributed by atoms with Crippen LogP contribution < -0.4 is 10.1 Å². The normalized spacial score (nSPS) is 12.8. The van der Waals surface area contributed by atoms with Gasteiger partial charge in [0.05, 0.1) is 29.1 Å². The van der Waals surface area contributed by atoms with E-state index in [1.54, 1.807) is 6.07 Å². The van der Waals surface area contributed by atoms with Gasteiger partial charge in [0.15, 0.2) is 0 Å². The number of alkyl halides is 5. The summed E-state index contributed by atoms with van der Waals surface area (Å²) in [5.41, 5.74) is -1.59. The number of nitrogens with one attached hydrogen (secondary N) is 2. The van der Waals surface area contributed by atoms with Crippen LogP contribution in [0.15, 0.2) is 55.0 Å². The van der Waals surface area contributed by atoms with E-state index < -0.39 is 23.9 Å². The van der Waals surface area contributed by atoms with Crippen LogP contribution in [-0.2, 0) is 0 Å². The summed E-state index contributed by atoms with van der Waals surface area (Å²) in [6, 6.07) is 8.69. The highest BCUT2D eigenvalue weighted by Gasteiger charge is 2.27. The molecule has 4 rings (SSSR count). The number of benzene rings is 2. The molecule has 0 aliphatic heterocycles. The summed E-state index contributed by atoms with van der Waals surface area (Å²) >= 11 is 4.73. The van der Waals surface area contributed by atoms with Crippen molar-refractivity contribution in [2.75, 3.05) is 5.32 Å². The summed E-state index contributed by atoms with van der Waals surface area (Å²) in [4.78, 5) is 17.1. The summed E-state index contributed by atoms with van der Waals surface area (Å²) in [6.07, 6.45) is 0.179. The minimum atomic E-state index is -3.85. The first kappa shape index (κ1) is 22.6. The maximum absolute atomic E-state index is 13.4. The van der Waals surface area contributed by atoms with Crippen LogP contribution >= 0.6 is 11.6 Å². The Bertz CT molecular complexity index is 1270. The number of hydrogen-bond acceptors (Lipinski definition) is 4. The van der Waals surface area contributed by atoms with Crippen molar-refractivity contribution >= 4 is 34.2 Å². The topological polar surface area (TPSA) is 84.8 Å². The number of aromatic amines is 1. The zero-order valence-corrected chi connectivity index (χ0v) is 17.7. The van der Waals surface area contributed by atoms with Gasteiger partial charge in [-0.2, -0.15) is 5.10 Å². The van der Waals surface area contributed by atoms with Crippen molar-refractivity contribution < 1.29 is 27.1 Å². The third kappa shape index (κ3) is 4.92. The van der Waals surface area contributed by atoms with E-state index in [-0.39, 0.29) is 11.3 Å². The third-order valence-corrected chi connectivity index (χ3v) is 4.95. The highest BCUT2D eigenvalue weighted by Crippen LogP contribution is 2.32. The van der Waals surface area contributed by atoms with Crippen molar-refractivity contribution in [1.29, 1.82) is 0 Å². The Morgan fingerprint density at radius 3 is 2.55 bits per heavy atom. The molecule has 4 aromatic rings. The molecule has 7 nitrogen and oxygen atoms in total. The van der Waals surface area contributed by atoms with Gasteiger partial charge < -0.3 is 14.6 Å². The Morgan fingerprint density at radius 2 is 1.94 bits per heavy atom. The van der Waals surface area contributed by atoms with Gasteiger partial charge in [-0.05, 0) is 49.4 Å². The van der Waals surface area contributed by atoms with Crippen LogP contribution in [-0.4, -0.2) is 37.6 Å². The predicted octanol–water partition coefficient (Wildman–Crippen LogP) is 5.67. The number of ether oxygens (including phenoxy) is 1. The highest BCUT2D eigenvalue weighted by atomic mass is 35.5. The van der Waals surface area contributed by atoms with E-state index in [0.29, 0.717) is 28.0 Å². The average molecular weight is 482 g/mol. The van der Waals surface area contributed by atoms with Crippen molar-refractivity contribution in [2.24, 2.45) is 0 Å². The Hall–Kier alpha value is -3.60. The molecule has 1 atom stereocenters. The number of carbonyl (C=O) groups is 1. The molecule has 0 saturated heterocycles. The fourth-order valence-electron chi connectivity index (χ4n) is 3.29. The molecule has 0 fully saturated rings. The SMILES string of the molecule is C[C@@H](C(F)F)n1cnc2cc(C(=O)Nc3ccc(OC(F)(F)Cl)cc3)cc(-c3ccn[nH]3)c21. The van der Waals surface area contributed by atoms with E-state index in [1.807, 2.05) is 0 Å². The lowest BCUT2D eigenvalue weighted by Crippen LogP contribution is -2.16. The molecular formula is C21H16ClF4N5O2. The highest BCUT2D eigenvalue weighted by molar-refractivity contribution is 6.20. The number of imidazole rings is 1. The Labute approximate surface area is 189 Å². The molecular weight excluding hydrogens is 466 g/mol. The van der Waals surface area contributed by atoms with Gasteiger partial charge >= 0.3 is 5.57 Å². The number of anilines is 1. The molecule has 12 heteroatoms. The average Bonchev–Trinajstić information content (AvgIpc) is 3.43. The van der Waals surface area contributed by atoms with Gasteiger partial charge in [-0.3, -0.25) is 9.89 Å². The second kappa shape index (κ2) is 8.74. The van der Waals surface area contributed by atoms with Gasteiger partial charge in [0, 0.05) is 34.6 Å². The second-order valence-electron chi connectivity index (χ2n) is 7.12. The van der Waals surface area contributed by atoms with Crippen molar-refractivity contribution in [3.8, 4) is 17.0 Å². The number of amides is 1. The number of carbonyl (C=O) groups excluding carboxylic acids is 1. The molecule has 0 bridgehead atoms. The summed E-state index contributed by atoms with van der Waals surface area (Å²) in [5, 5.41) is 9.31. The summed E-state index contributed by atoms with van der Waals surface area (Å²) in [5.74, 6) is -0.708. The molecule has 2 heterocycles. The zero-order chi connectivity index (χ0) is 23.8. The van der Waals surface area contributed by atoms with E-state index >= 15 is 0 Å². The molecule has 0 spiro atoms. The number of halogens is 5. The van der Waals surface area contributed by atoms with Gasteiger partial charge in [0.1, 0.15) is 5.75 Å². The van der Waals surface area contributed by atoms with Crippen LogP contribution in [0.25, 0.3) is 22.3 Å². The van der Waals surface area contributed by atoms with Crippen molar-refractivity contribution in [3.05, 3.63) is 60.6 Å². The summed E-state index contributed by atoms with van der Waals surface area (Å²) < 4.78 is 57.8. The molecule has 1 amide bonds. The number of aromatic nitrogens is 4. The zero-order valence-electron chi connectivity index (χ0n) is 16.9. The molecule has 172 valence electrons. The van der Waals surface area contributed by atoms with Crippen molar-refractivity contribution in [3.63, 3.8) is 0 Å². The number of hydrogen-bond donors (Lipinski definition) is 2. The fourth-order valence-corrected chi connectivity index (χ4v) is 3.38. The molecule has 0 radical (unpaired) electrons. The molecule has 0 aliphatic carbocycles. The standard InChI is InChI=1S/C21H16ClF4N5O2/c1-11(19(23)24)31-10-27-17-9-12(8-15(18(17)31)16-6-7-28-30-16)20(32)29-13-2-4-14(5-3-13)33-21(22,25)26/h2-11,19H,1H3,(H,28,30)(H,29,32)/t11-/m0/s1. The lowest BCUT2D eigenvalue weighted by atomic mass is 10.0. The van der Waals surface area contributed by atoms with E-state index in [0.717, 1.165) is 0 Å². The van der Waals surface area contributed by atoms with Gasteiger partial charge in [-0.15, -0.1) is 8.78 Å². The number of fused-ring (bicyclic) bond motifs is 1. The predicted molar refractivity (Wildman–Crippen MR) is 114 cm³/mol. The van der Waals surface area contributed by atoms with Crippen molar-refractivity contribution in [2.45, 2.75) is 25.0 Å². The largest absolute Gasteiger partial charge is 0.487 e. The minimum absolute atomic E-state index is 0.186. The van der Waals surface area contributed by atoms with E-state index in [1.165, 1.54) is 60.4 Å². The molecule has 2 aromatic carbocycles. The van der Waals surface area contributed by atoms with Crippen LogP contribution in [0.1, 0.15) is 23.3 Å². The first-order chi connectivity index (χ1) is 15.6. The molecule has 33 heavy (non-hydrogen) atoms. The number of H-pyrrole nitrogens is 1. The third-order valence-electron chi connectivity index (χ3n) is 4.87. The second-order valence-corrected chi connectivity index (χ2v) is 7.56. The molecule has 2 N–H and O–H groups in total. The number of rotatable bonds is 7. The Kier molecular flexibility index (Phi) is 5.98. The van der Waals surface area contributed by atoms with Crippen LogP contribution in [0.5, 0.6) is 5.75 Å². The van der Waals surface area contributed by atoms with Crippen LogP contribution in [0, 0.1) is 0 Å². The van der Waals surface area contributed by atoms with Crippen LogP contribution in [0.4, 0.5) is 23.2 Å². The molecule has 0 aliphatic rings. The maximum atomic E-state index is 13.4. The molecule has 0 saturated carbocycles. The van der Waals surface area contributed by atoms with Gasteiger partial charge in [0.25, 0.3) is 12.3 Å². The minimum Gasteiger partial charge on any atom is -0.420 e. The van der Waals surface area contributed by atoms with Gasteiger partial charge in [-0.1, -0.05) is 0 Å². The quantitative estimate of drug-likeness (QED) is 0.263. The molecule has 2 aromatic heterocycles. The van der Waals surface area contributed by atoms with Gasteiger partial charge in [-0.25, -0.2) is 13.8 Å². The van der Waals surface area contributed by atoms with E-state index in [2.05, 4.69) is 25.2 Å². The monoisotopic (exact) mass is 481 g/mol. The smallest absolute Gasteiger partial charge is 0.420 e. The summed E-state index contributed by atoms with van der Waals surface area (Å²) in [6.45, 7) is 1.37. The van der Waals surface area contributed by atoms with Gasteiger partial charge in [0.2, 0.25) is 0 Å². The Balaban J connectivity index is 1.68. The Morgan fingerprint density at radius 1 is 1.21 bits per heavy atom. The lowest BCUT2D eigenvalue weighted by Gasteiger charge is -2.15. The van der Waals surface area contributed by atoms with Crippen LogP contribution in [0.2, 0.25) is 0 Å². The maximum Gasteiger partial charge on any atom is 0.487 e. The fraction of sp³-hybridized carbons (Fsp3) is 0.190. The lowest BCUT2D eigenvalue weighted by molar-refractivity contribution is -0.0964. The first-order valence-corrected chi connectivity index (χ1v) is 9.96. The van der Waals surface area contributed by atoms with E-state index in [4.69, 9.17) is 11.6 Å². The van der Waals surface area contributed by atoms with E-state index in [9.17, 15) is 22.4 Å². The number of nitrogens with zero attached hydrogens (tertiary/aromatic N) is 3. The van der Waals surface area contributed by atoms with Crippen LogP contribution in [0.3, 0.4) is 0 Å².